The van der Waals surface area contributed by atoms with Crippen LogP contribution in [0.2, 0.25) is 0 Å². The highest BCUT2D eigenvalue weighted by Gasteiger charge is 2.07. The van der Waals surface area contributed by atoms with Crippen LogP contribution in [-0.2, 0) is 0 Å². The van der Waals surface area contributed by atoms with Gasteiger partial charge in [0.15, 0.2) is 5.13 Å². The van der Waals surface area contributed by atoms with E-state index in [1.54, 1.807) is 23.7 Å². The summed E-state index contributed by atoms with van der Waals surface area (Å²) in [5, 5.41) is 5.06. The highest BCUT2D eigenvalue weighted by Crippen LogP contribution is 2.12. The van der Waals surface area contributed by atoms with Crippen LogP contribution in [0.1, 0.15) is 10.4 Å². The summed E-state index contributed by atoms with van der Waals surface area (Å²) in [6, 6.07) is 3.41. The lowest BCUT2D eigenvalue weighted by Crippen LogP contribution is -2.11. The zero-order valence-electron chi connectivity index (χ0n) is 7.48. The van der Waals surface area contributed by atoms with Crippen molar-refractivity contribution in [1.29, 1.82) is 0 Å². The van der Waals surface area contributed by atoms with Gasteiger partial charge in [0.05, 0.1) is 5.56 Å². The van der Waals surface area contributed by atoms with Gasteiger partial charge in [0.2, 0.25) is 0 Å². The number of carbonyl (C=O) groups is 1. The molecule has 0 aliphatic rings. The number of carbonyl (C=O) groups excluding carboxylic acids is 1. The number of hydrogen-bond donors (Lipinski definition) is 1. The molecule has 4 nitrogen and oxygen atoms in total. The highest BCUT2D eigenvalue weighted by atomic mass is 79.9. The third-order valence-corrected chi connectivity index (χ3v) is 2.80. The molecular formula is C9H6BrN3OS. The van der Waals surface area contributed by atoms with E-state index in [9.17, 15) is 4.79 Å². The molecule has 0 aromatic carbocycles. The maximum Gasteiger partial charge on any atom is 0.259 e. The molecule has 2 aromatic heterocycles. The van der Waals surface area contributed by atoms with Crippen molar-refractivity contribution in [3.05, 3.63) is 40.1 Å². The molecule has 0 aliphatic heterocycles. The number of pyridine rings is 1. The summed E-state index contributed by atoms with van der Waals surface area (Å²) in [6.45, 7) is 0. The molecule has 0 aliphatic carbocycles. The molecule has 0 radical (unpaired) electrons. The van der Waals surface area contributed by atoms with Crippen LogP contribution in [0.25, 0.3) is 0 Å². The minimum Gasteiger partial charge on any atom is -0.298 e. The summed E-state index contributed by atoms with van der Waals surface area (Å²) in [7, 11) is 0. The van der Waals surface area contributed by atoms with Gasteiger partial charge in [-0.1, -0.05) is 0 Å². The third kappa shape index (κ3) is 2.60. The zero-order valence-corrected chi connectivity index (χ0v) is 9.88. The first-order valence-corrected chi connectivity index (χ1v) is 5.75. The van der Waals surface area contributed by atoms with Gasteiger partial charge in [-0.2, -0.15) is 0 Å². The predicted octanol–water partition coefficient (Wildman–Crippen LogP) is 2.55. The maximum absolute atomic E-state index is 11.6. The fourth-order valence-corrected chi connectivity index (χ4v) is 1.72. The first kappa shape index (κ1) is 10.3. The topological polar surface area (TPSA) is 54.9 Å². The predicted molar refractivity (Wildman–Crippen MR) is 62.0 cm³/mol. The number of aromatic nitrogens is 2. The third-order valence-electron chi connectivity index (χ3n) is 1.64. The van der Waals surface area contributed by atoms with Crippen molar-refractivity contribution in [2.24, 2.45) is 0 Å². The van der Waals surface area contributed by atoms with Crippen LogP contribution >= 0.6 is 27.3 Å². The Labute approximate surface area is 98.5 Å². The summed E-state index contributed by atoms with van der Waals surface area (Å²) >= 11 is 4.58. The number of hydrogen-bond acceptors (Lipinski definition) is 4. The van der Waals surface area contributed by atoms with Crippen LogP contribution in [0.3, 0.4) is 0 Å². The number of anilines is 1. The molecule has 0 saturated heterocycles. The second kappa shape index (κ2) is 4.50. The van der Waals surface area contributed by atoms with Crippen molar-refractivity contribution >= 4 is 38.3 Å². The maximum atomic E-state index is 11.6. The van der Waals surface area contributed by atoms with Gasteiger partial charge in [-0.05, 0) is 28.1 Å². The average Bonchev–Trinajstić information content (AvgIpc) is 2.71. The largest absolute Gasteiger partial charge is 0.298 e. The van der Waals surface area contributed by atoms with Gasteiger partial charge in [0.25, 0.3) is 5.91 Å². The Balaban J connectivity index is 2.11. The van der Waals surface area contributed by atoms with Crippen LogP contribution < -0.4 is 5.32 Å². The lowest BCUT2D eigenvalue weighted by Gasteiger charge is -2.00. The van der Waals surface area contributed by atoms with Gasteiger partial charge in [-0.15, -0.1) is 11.3 Å². The number of nitrogens with zero attached hydrogens (tertiary/aromatic N) is 2. The molecule has 1 amide bonds. The van der Waals surface area contributed by atoms with E-state index in [-0.39, 0.29) is 5.91 Å². The number of rotatable bonds is 2. The van der Waals surface area contributed by atoms with Crippen molar-refractivity contribution < 1.29 is 4.79 Å². The van der Waals surface area contributed by atoms with Gasteiger partial charge in [-0.3, -0.25) is 10.1 Å². The molecule has 0 saturated carbocycles. The van der Waals surface area contributed by atoms with Crippen molar-refractivity contribution in [1.82, 2.24) is 9.97 Å². The fraction of sp³-hybridized carbons (Fsp3) is 0. The van der Waals surface area contributed by atoms with Crippen molar-refractivity contribution in [2.45, 2.75) is 0 Å². The SMILES string of the molecule is O=C(Nc1nccs1)c1ccc(Br)nc1. The van der Waals surface area contributed by atoms with Gasteiger partial charge >= 0.3 is 0 Å². The number of halogens is 1. The second-order valence-electron chi connectivity index (χ2n) is 2.66. The molecule has 2 heterocycles. The Morgan fingerprint density at radius 3 is 2.87 bits per heavy atom. The summed E-state index contributed by atoms with van der Waals surface area (Å²) in [5.74, 6) is -0.204. The lowest BCUT2D eigenvalue weighted by atomic mass is 10.3. The summed E-state index contributed by atoms with van der Waals surface area (Å²) in [5.41, 5.74) is 0.508. The highest BCUT2D eigenvalue weighted by molar-refractivity contribution is 9.10. The molecule has 0 fully saturated rings. The van der Waals surface area contributed by atoms with E-state index in [4.69, 9.17) is 0 Å². The van der Waals surface area contributed by atoms with E-state index in [1.807, 2.05) is 0 Å². The molecule has 15 heavy (non-hydrogen) atoms. The monoisotopic (exact) mass is 283 g/mol. The van der Waals surface area contributed by atoms with E-state index in [2.05, 4.69) is 31.2 Å². The molecule has 1 N–H and O–H groups in total. The molecule has 2 aromatic rings. The second-order valence-corrected chi connectivity index (χ2v) is 4.37. The minimum atomic E-state index is -0.204. The zero-order chi connectivity index (χ0) is 10.7. The molecule has 0 bridgehead atoms. The average molecular weight is 284 g/mol. The van der Waals surface area contributed by atoms with Crippen LogP contribution in [0, 0.1) is 0 Å². The molecule has 76 valence electrons. The van der Waals surface area contributed by atoms with Gasteiger partial charge in [-0.25, -0.2) is 9.97 Å². The van der Waals surface area contributed by atoms with E-state index in [0.717, 1.165) is 0 Å². The summed E-state index contributed by atoms with van der Waals surface area (Å²) in [6.07, 6.45) is 3.15. The number of thiazole rings is 1. The smallest absolute Gasteiger partial charge is 0.259 e. The summed E-state index contributed by atoms with van der Waals surface area (Å²) < 4.78 is 0.702. The Morgan fingerprint density at radius 2 is 2.27 bits per heavy atom. The van der Waals surface area contributed by atoms with Crippen molar-refractivity contribution in [3.63, 3.8) is 0 Å². The van der Waals surface area contributed by atoms with Gasteiger partial charge < -0.3 is 0 Å². The summed E-state index contributed by atoms with van der Waals surface area (Å²) in [4.78, 5) is 19.5. The first-order chi connectivity index (χ1) is 7.25. The lowest BCUT2D eigenvalue weighted by molar-refractivity contribution is 0.102. The molecule has 0 unspecified atom stereocenters. The van der Waals surface area contributed by atoms with Crippen molar-refractivity contribution in [3.8, 4) is 0 Å². The molecule has 2 rings (SSSR count). The Hall–Kier alpha value is -1.27. The van der Waals surface area contributed by atoms with Crippen LogP contribution in [0.15, 0.2) is 34.5 Å². The number of amides is 1. The van der Waals surface area contributed by atoms with E-state index in [1.165, 1.54) is 17.5 Å². The molecule has 6 heteroatoms. The minimum absolute atomic E-state index is 0.204. The first-order valence-electron chi connectivity index (χ1n) is 4.08. The molecular weight excluding hydrogens is 278 g/mol. The normalized spacial score (nSPS) is 9.93. The Bertz CT molecular complexity index is 455. The van der Waals surface area contributed by atoms with Crippen LogP contribution in [0.5, 0.6) is 0 Å². The Morgan fingerprint density at radius 1 is 1.40 bits per heavy atom. The standard InChI is InChI=1S/C9H6BrN3OS/c10-7-2-1-6(5-12-7)8(14)13-9-11-3-4-15-9/h1-5H,(H,11,13,14). The molecule has 0 atom stereocenters. The van der Waals surface area contributed by atoms with E-state index >= 15 is 0 Å². The van der Waals surface area contributed by atoms with Gasteiger partial charge in [0, 0.05) is 17.8 Å². The Kier molecular flexibility index (Phi) is 3.08. The van der Waals surface area contributed by atoms with Crippen LogP contribution in [0.4, 0.5) is 5.13 Å². The fourth-order valence-electron chi connectivity index (χ4n) is 0.965. The van der Waals surface area contributed by atoms with Crippen molar-refractivity contribution in [2.75, 3.05) is 5.32 Å². The quantitative estimate of drug-likeness (QED) is 0.862. The van der Waals surface area contributed by atoms with E-state index in [0.29, 0.717) is 15.3 Å². The number of nitrogens with one attached hydrogen (secondary N) is 1. The van der Waals surface area contributed by atoms with Gasteiger partial charge in [0.1, 0.15) is 4.60 Å². The van der Waals surface area contributed by atoms with E-state index < -0.39 is 0 Å². The van der Waals surface area contributed by atoms with Crippen LogP contribution in [-0.4, -0.2) is 15.9 Å². The molecule has 0 spiro atoms.